The average molecular weight is 196 g/mol. The molecule has 0 aliphatic rings. The van der Waals surface area contributed by atoms with E-state index >= 15 is 0 Å². The van der Waals surface area contributed by atoms with Gasteiger partial charge < -0.3 is 5.21 Å². The highest BCUT2D eigenvalue weighted by Gasteiger charge is 1.96. The van der Waals surface area contributed by atoms with Gasteiger partial charge in [-0.3, -0.25) is 0 Å². The predicted molar refractivity (Wildman–Crippen MR) is 55.9 cm³/mol. The zero-order valence-electron chi connectivity index (χ0n) is 7.88. The number of hydrogen-bond donors (Lipinski definition) is 1. The second-order valence-corrected chi connectivity index (χ2v) is 2.94. The first-order valence-corrected chi connectivity index (χ1v) is 4.43. The van der Waals surface area contributed by atoms with Gasteiger partial charge >= 0.3 is 0 Å². The van der Waals surface area contributed by atoms with Crippen LogP contribution in [-0.4, -0.2) is 5.21 Å². The van der Waals surface area contributed by atoms with Crippen molar-refractivity contribution in [3.05, 3.63) is 54.6 Å². The lowest BCUT2D eigenvalue weighted by molar-refractivity contribution is 0.289. The molecule has 15 heavy (non-hydrogen) atoms. The minimum absolute atomic E-state index is 0.612. The van der Waals surface area contributed by atoms with Crippen molar-refractivity contribution in [1.82, 2.24) is 0 Å². The van der Waals surface area contributed by atoms with Crippen LogP contribution in [0.5, 0.6) is 0 Å². The molecule has 0 atom stereocenters. The highest BCUT2D eigenvalue weighted by atomic mass is 16.5. The molecule has 0 aliphatic heterocycles. The summed E-state index contributed by atoms with van der Waals surface area (Å²) in [6.45, 7) is 0. The lowest BCUT2D eigenvalue weighted by Gasteiger charge is -1.99. The Kier molecular flexibility index (Phi) is 2.74. The van der Waals surface area contributed by atoms with Crippen molar-refractivity contribution in [1.29, 1.82) is 0 Å². The third-order valence-electron chi connectivity index (χ3n) is 1.98. The quantitative estimate of drug-likeness (QED) is 0.580. The van der Waals surface area contributed by atoms with Crippen LogP contribution in [0.2, 0.25) is 0 Å². The van der Waals surface area contributed by atoms with Crippen molar-refractivity contribution in [3.63, 3.8) is 0 Å². The van der Waals surface area contributed by atoms with Crippen molar-refractivity contribution in [2.45, 2.75) is 0 Å². The Morgan fingerprint density at radius 1 is 1.07 bits per heavy atom. The summed E-state index contributed by atoms with van der Waals surface area (Å²) in [4.78, 5) is 0. The molecule has 2 aromatic rings. The summed E-state index contributed by atoms with van der Waals surface area (Å²) in [5.74, 6) is 0. The molecule has 0 amide bonds. The molecule has 3 nitrogen and oxygen atoms in total. The molecule has 72 valence electrons. The minimum atomic E-state index is 0.612. The largest absolute Gasteiger partial charge is 0.394 e. The van der Waals surface area contributed by atoms with Crippen LogP contribution in [0.3, 0.4) is 0 Å². The van der Waals surface area contributed by atoms with Crippen molar-refractivity contribution in [3.8, 4) is 11.1 Å². The molecule has 2 aromatic carbocycles. The molecular formula is C12H8N2O. The van der Waals surface area contributed by atoms with Crippen molar-refractivity contribution in [2.24, 2.45) is 10.4 Å². The van der Waals surface area contributed by atoms with Crippen molar-refractivity contribution < 1.29 is 5.21 Å². The molecule has 0 spiro atoms. The maximum absolute atomic E-state index is 8.25. The summed E-state index contributed by atoms with van der Waals surface area (Å²) in [5.41, 5.74) is 2.62. The fraction of sp³-hybridized carbons (Fsp3) is 0. The van der Waals surface area contributed by atoms with Gasteiger partial charge in [0.05, 0.1) is 5.69 Å². The highest BCUT2D eigenvalue weighted by molar-refractivity contribution is 5.64. The third-order valence-corrected chi connectivity index (χ3v) is 1.98. The van der Waals surface area contributed by atoms with Crippen LogP contribution in [-0.2, 0) is 0 Å². The van der Waals surface area contributed by atoms with Gasteiger partial charge in [-0.2, -0.15) is 0 Å². The summed E-state index contributed by atoms with van der Waals surface area (Å²) < 4.78 is 0. The van der Waals surface area contributed by atoms with Crippen LogP contribution in [0.15, 0.2) is 52.9 Å². The van der Waals surface area contributed by atoms with Gasteiger partial charge in [-0.05, 0) is 41.5 Å². The summed E-state index contributed by atoms with van der Waals surface area (Å²) in [7, 11) is 0. The topological polar surface area (TPSA) is 45.0 Å². The Morgan fingerprint density at radius 2 is 1.87 bits per heavy atom. The van der Waals surface area contributed by atoms with E-state index in [1.807, 2.05) is 24.3 Å². The summed E-state index contributed by atoms with van der Waals surface area (Å²) in [6, 6.07) is 18.9. The van der Waals surface area contributed by atoms with E-state index in [-0.39, 0.29) is 0 Å². The summed E-state index contributed by atoms with van der Waals surface area (Å²) in [5, 5.41) is 14.5. The lowest BCUT2D eigenvalue weighted by atomic mass is 10.1. The van der Waals surface area contributed by atoms with Gasteiger partial charge in [-0.25, -0.2) is 0 Å². The maximum atomic E-state index is 8.25. The Labute approximate surface area is 87.7 Å². The Bertz CT molecular complexity index is 449. The molecule has 0 aliphatic carbocycles. The molecule has 0 aromatic heterocycles. The van der Waals surface area contributed by atoms with Crippen molar-refractivity contribution >= 4 is 5.69 Å². The monoisotopic (exact) mass is 196 g/mol. The van der Waals surface area contributed by atoms with E-state index < -0.39 is 0 Å². The van der Waals surface area contributed by atoms with Crippen LogP contribution in [0.1, 0.15) is 0 Å². The molecule has 1 N–H and O–H groups in total. The first-order chi connectivity index (χ1) is 7.40. The molecule has 0 fully saturated rings. The standard InChI is InChI=1S/C12H8N2O/c15-14-13-12-8-6-11(7-9-12)10-4-2-1-3-5-10/h1-2,5-9H,(H,13,15). The molecule has 0 heterocycles. The molecule has 0 unspecified atom stereocenters. The minimum Gasteiger partial charge on any atom is -0.394 e. The highest BCUT2D eigenvalue weighted by Crippen LogP contribution is 2.21. The van der Waals surface area contributed by atoms with Crippen LogP contribution in [0, 0.1) is 12.1 Å². The zero-order chi connectivity index (χ0) is 10.5. The summed E-state index contributed by atoms with van der Waals surface area (Å²) in [6.07, 6.45) is 0. The molecule has 0 bridgehead atoms. The number of hydrogen-bond acceptors (Lipinski definition) is 2. The zero-order valence-corrected chi connectivity index (χ0v) is 7.88. The summed E-state index contributed by atoms with van der Waals surface area (Å²) >= 11 is 0. The fourth-order valence-electron chi connectivity index (χ4n) is 1.28. The number of nitrogens with zero attached hydrogens (tertiary/aromatic N) is 2. The normalized spacial score (nSPS) is 10.7. The Balaban J connectivity index is 2.32. The molecular weight excluding hydrogens is 188 g/mol. The molecule has 3 heteroatoms. The van der Waals surface area contributed by atoms with E-state index in [1.165, 1.54) is 0 Å². The Hall–Kier alpha value is -2.16. The second-order valence-electron chi connectivity index (χ2n) is 2.94. The molecule has 0 saturated heterocycles. The first-order valence-electron chi connectivity index (χ1n) is 4.43. The molecule has 2 radical (unpaired) electrons. The number of benzene rings is 2. The smallest absolute Gasteiger partial charge is 0.0889 e. The van der Waals surface area contributed by atoms with E-state index in [4.69, 9.17) is 5.21 Å². The van der Waals surface area contributed by atoms with E-state index in [0.29, 0.717) is 5.69 Å². The molecule has 2 rings (SSSR count). The second kappa shape index (κ2) is 4.37. The van der Waals surface area contributed by atoms with Gasteiger partial charge in [-0.15, -0.1) is 5.11 Å². The van der Waals surface area contributed by atoms with Gasteiger partial charge in [0.25, 0.3) is 0 Å². The van der Waals surface area contributed by atoms with Gasteiger partial charge in [0.2, 0.25) is 0 Å². The molecule has 0 saturated carbocycles. The average Bonchev–Trinajstić information content (AvgIpc) is 2.32. The van der Waals surface area contributed by atoms with Gasteiger partial charge in [0.1, 0.15) is 0 Å². The first kappa shape index (κ1) is 9.40. The van der Waals surface area contributed by atoms with Crippen molar-refractivity contribution in [2.75, 3.05) is 0 Å². The van der Waals surface area contributed by atoms with E-state index in [2.05, 4.69) is 22.5 Å². The van der Waals surface area contributed by atoms with Gasteiger partial charge in [-0.1, -0.05) is 24.3 Å². The SMILES string of the molecule is O/N=N/c1ccc(-c2[c]cc[c]c2)cc1. The number of rotatable bonds is 2. The van der Waals surface area contributed by atoms with E-state index in [0.717, 1.165) is 11.1 Å². The lowest BCUT2D eigenvalue weighted by Crippen LogP contribution is -1.75. The van der Waals surface area contributed by atoms with Crippen LogP contribution in [0.25, 0.3) is 11.1 Å². The van der Waals surface area contributed by atoms with Gasteiger partial charge in [0, 0.05) is 5.28 Å². The van der Waals surface area contributed by atoms with E-state index in [1.54, 1.807) is 18.2 Å². The Morgan fingerprint density at radius 3 is 2.47 bits per heavy atom. The van der Waals surface area contributed by atoms with E-state index in [9.17, 15) is 0 Å². The van der Waals surface area contributed by atoms with Crippen LogP contribution < -0.4 is 0 Å². The van der Waals surface area contributed by atoms with Crippen LogP contribution >= 0.6 is 0 Å². The maximum Gasteiger partial charge on any atom is 0.0889 e. The van der Waals surface area contributed by atoms with Crippen LogP contribution in [0.4, 0.5) is 5.69 Å². The fourth-order valence-corrected chi connectivity index (χ4v) is 1.28. The van der Waals surface area contributed by atoms with Gasteiger partial charge in [0.15, 0.2) is 0 Å². The third kappa shape index (κ3) is 2.20. The predicted octanol–water partition coefficient (Wildman–Crippen LogP) is 3.43.